The summed E-state index contributed by atoms with van der Waals surface area (Å²) in [5.74, 6) is 0.0568. The Balaban J connectivity index is 1.55. The highest BCUT2D eigenvalue weighted by molar-refractivity contribution is 5.90. The van der Waals surface area contributed by atoms with Crippen molar-refractivity contribution in [3.05, 3.63) is 23.8 Å². The van der Waals surface area contributed by atoms with Gasteiger partial charge in [0.1, 0.15) is 26.4 Å². The molecule has 2 fully saturated rings. The smallest absolute Gasteiger partial charge is 0.493 e. The van der Waals surface area contributed by atoms with Crippen LogP contribution in [0, 0.1) is 0 Å². The molecule has 0 saturated carbocycles. The topological polar surface area (TPSA) is 116 Å². The summed E-state index contributed by atoms with van der Waals surface area (Å²) in [7, 11) is 1.42. The Bertz CT molecular complexity index is 700. The molecule has 0 spiro atoms. The van der Waals surface area contributed by atoms with E-state index in [9.17, 15) is 14.4 Å². The van der Waals surface area contributed by atoms with Crippen molar-refractivity contribution < 1.29 is 47.5 Å². The zero-order valence-corrected chi connectivity index (χ0v) is 13.8. The summed E-state index contributed by atoms with van der Waals surface area (Å²) >= 11 is 0. The van der Waals surface area contributed by atoms with Crippen molar-refractivity contribution in [1.29, 1.82) is 0 Å². The lowest BCUT2D eigenvalue weighted by molar-refractivity contribution is 0.0299. The van der Waals surface area contributed by atoms with Crippen LogP contribution in [0.4, 0.5) is 9.59 Å². The highest BCUT2D eigenvalue weighted by atomic mass is 16.8. The van der Waals surface area contributed by atoms with Crippen LogP contribution in [0.1, 0.15) is 10.4 Å². The van der Waals surface area contributed by atoms with Crippen LogP contribution in [0.25, 0.3) is 0 Å². The number of rotatable bonds is 7. The average molecular weight is 368 g/mol. The van der Waals surface area contributed by atoms with Gasteiger partial charge in [0, 0.05) is 0 Å². The molecule has 0 amide bonds. The second-order valence-corrected chi connectivity index (χ2v) is 5.38. The van der Waals surface area contributed by atoms with Crippen molar-refractivity contribution in [3.63, 3.8) is 0 Å². The number of ether oxygens (including phenoxy) is 7. The van der Waals surface area contributed by atoms with Crippen LogP contribution in [-0.2, 0) is 23.7 Å². The number of esters is 1. The number of carbonyl (C=O) groups is 3. The molecule has 1 aromatic rings. The second-order valence-electron chi connectivity index (χ2n) is 5.38. The normalized spacial score (nSPS) is 21.3. The Morgan fingerprint density at radius 2 is 1.69 bits per heavy atom. The molecule has 26 heavy (non-hydrogen) atoms. The third-order valence-corrected chi connectivity index (χ3v) is 3.52. The number of methoxy groups -OCH3 is 1. The fourth-order valence-electron chi connectivity index (χ4n) is 2.24. The maximum atomic E-state index is 12.1. The number of cyclic esters (lactones) is 4. The van der Waals surface area contributed by atoms with E-state index in [2.05, 4.69) is 9.47 Å². The lowest BCUT2D eigenvalue weighted by atomic mass is 10.2. The van der Waals surface area contributed by atoms with Crippen molar-refractivity contribution in [3.8, 4) is 11.5 Å². The third kappa shape index (κ3) is 4.26. The number of hydrogen-bond donors (Lipinski definition) is 0. The first-order chi connectivity index (χ1) is 12.5. The van der Waals surface area contributed by atoms with Gasteiger partial charge in [0.2, 0.25) is 0 Å². The van der Waals surface area contributed by atoms with Crippen molar-refractivity contribution in [1.82, 2.24) is 0 Å². The second kappa shape index (κ2) is 7.81. The molecular formula is C16H16O10. The molecule has 2 aliphatic heterocycles. The molecule has 140 valence electrons. The van der Waals surface area contributed by atoms with E-state index in [1.54, 1.807) is 0 Å². The molecule has 10 nitrogen and oxygen atoms in total. The van der Waals surface area contributed by atoms with E-state index in [0.29, 0.717) is 11.5 Å². The molecule has 3 rings (SSSR count). The molecule has 0 aromatic heterocycles. The van der Waals surface area contributed by atoms with Gasteiger partial charge in [0.25, 0.3) is 0 Å². The van der Waals surface area contributed by atoms with Gasteiger partial charge in [-0.15, -0.1) is 0 Å². The maximum Gasteiger partial charge on any atom is 0.508 e. The number of benzene rings is 1. The molecule has 2 heterocycles. The van der Waals surface area contributed by atoms with Gasteiger partial charge < -0.3 is 33.2 Å². The van der Waals surface area contributed by atoms with Gasteiger partial charge in [-0.3, -0.25) is 0 Å². The molecule has 10 heteroatoms. The van der Waals surface area contributed by atoms with Crippen molar-refractivity contribution in [2.45, 2.75) is 12.2 Å². The minimum absolute atomic E-state index is 0.0394. The molecule has 0 N–H and O–H groups in total. The molecule has 0 bridgehead atoms. The zero-order chi connectivity index (χ0) is 18.5. The summed E-state index contributed by atoms with van der Waals surface area (Å²) in [6.45, 7) is 0.121. The summed E-state index contributed by atoms with van der Waals surface area (Å²) in [5, 5.41) is 0. The molecule has 0 radical (unpaired) electrons. The maximum absolute atomic E-state index is 12.1. The van der Waals surface area contributed by atoms with Crippen molar-refractivity contribution in [2.75, 3.05) is 33.5 Å². The molecule has 2 atom stereocenters. The van der Waals surface area contributed by atoms with E-state index in [-0.39, 0.29) is 32.0 Å². The van der Waals surface area contributed by atoms with E-state index in [1.165, 1.54) is 25.3 Å². The minimum atomic E-state index is -0.785. The Labute approximate surface area is 147 Å². The van der Waals surface area contributed by atoms with Crippen LogP contribution in [0.15, 0.2) is 18.2 Å². The predicted molar refractivity (Wildman–Crippen MR) is 81.2 cm³/mol. The molecule has 2 saturated heterocycles. The van der Waals surface area contributed by atoms with Gasteiger partial charge >= 0.3 is 18.3 Å². The van der Waals surface area contributed by atoms with Crippen LogP contribution < -0.4 is 9.47 Å². The summed E-state index contributed by atoms with van der Waals surface area (Å²) in [6, 6.07) is 4.48. The molecule has 0 aliphatic carbocycles. The van der Waals surface area contributed by atoms with E-state index in [4.69, 9.17) is 23.7 Å². The van der Waals surface area contributed by atoms with Gasteiger partial charge in [0.15, 0.2) is 23.7 Å². The van der Waals surface area contributed by atoms with E-state index in [1.807, 2.05) is 0 Å². The van der Waals surface area contributed by atoms with E-state index >= 15 is 0 Å². The van der Waals surface area contributed by atoms with E-state index in [0.717, 1.165) is 0 Å². The van der Waals surface area contributed by atoms with Gasteiger partial charge in [-0.1, -0.05) is 0 Å². The first-order valence-electron chi connectivity index (χ1n) is 7.70. The summed E-state index contributed by atoms with van der Waals surface area (Å²) in [6.07, 6.45) is -2.64. The fraction of sp³-hybridized carbons (Fsp3) is 0.438. The first-order valence-corrected chi connectivity index (χ1v) is 7.70. The van der Waals surface area contributed by atoms with Crippen LogP contribution in [0.3, 0.4) is 0 Å². The minimum Gasteiger partial charge on any atom is -0.493 e. The summed E-state index contributed by atoms with van der Waals surface area (Å²) in [5.41, 5.74) is 0.232. The van der Waals surface area contributed by atoms with Crippen LogP contribution >= 0.6 is 0 Å². The molecular weight excluding hydrogens is 352 g/mol. The lowest BCUT2D eigenvalue weighted by Crippen LogP contribution is -2.21. The van der Waals surface area contributed by atoms with Gasteiger partial charge in [-0.2, -0.15) is 0 Å². The molecule has 2 unspecified atom stereocenters. The van der Waals surface area contributed by atoms with Crippen LogP contribution in [-0.4, -0.2) is 64.0 Å². The highest BCUT2D eigenvalue weighted by Gasteiger charge is 2.27. The SMILES string of the molecule is COc1cc(C(=O)OCC2COC(=O)O2)ccc1OCC1COC(=O)O1. The largest absolute Gasteiger partial charge is 0.508 e. The lowest BCUT2D eigenvalue weighted by Gasteiger charge is -2.14. The average Bonchev–Trinajstić information content (AvgIpc) is 3.25. The quantitative estimate of drug-likeness (QED) is 0.515. The molecule has 1 aromatic carbocycles. The Morgan fingerprint density at radius 1 is 1.04 bits per heavy atom. The number of hydrogen-bond acceptors (Lipinski definition) is 10. The summed E-state index contributed by atoms with van der Waals surface area (Å²) < 4.78 is 34.7. The monoisotopic (exact) mass is 368 g/mol. The van der Waals surface area contributed by atoms with Gasteiger partial charge in [-0.05, 0) is 18.2 Å². The number of carbonyl (C=O) groups excluding carboxylic acids is 3. The van der Waals surface area contributed by atoms with Gasteiger partial charge in [0.05, 0.1) is 12.7 Å². The van der Waals surface area contributed by atoms with Crippen molar-refractivity contribution >= 4 is 18.3 Å². The standard InChI is InChI=1S/C16H16O10/c1-20-13-4-9(14(17)22-6-11-8-24-16(19)26-11)2-3-12(13)21-5-10-7-23-15(18)25-10/h2-4,10-11H,5-8H2,1H3. The third-order valence-electron chi connectivity index (χ3n) is 3.52. The fourth-order valence-corrected chi connectivity index (χ4v) is 2.24. The van der Waals surface area contributed by atoms with Gasteiger partial charge in [-0.25, -0.2) is 14.4 Å². The summed E-state index contributed by atoms with van der Waals surface area (Å²) in [4.78, 5) is 33.8. The highest BCUT2D eigenvalue weighted by Crippen LogP contribution is 2.29. The van der Waals surface area contributed by atoms with Crippen molar-refractivity contribution in [2.24, 2.45) is 0 Å². The van der Waals surface area contributed by atoms with E-state index < -0.39 is 30.5 Å². The molecule has 2 aliphatic rings. The first kappa shape index (κ1) is 17.6. The van der Waals surface area contributed by atoms with Crippen LogP contribution in [0.5, 0.6) is 11.5 Å². The van der Waals surface area contributed by atoms with Crippen LogP contribution in [0.2, 0.25) is 0 Å². The Morgan fingerprint density at radius 3 is 2.27 bits per heavy atom. The Hall–Kier alpha value is -3.17. The Kier molecular flexibility index (Phi) is 5.30. The predicted octanol–water partition coefficient (Wildman–Crippen LogP) is 1.30. The zero-order valence-electron chi connectivity index (χ0n) is 13.8.